The molecule has 0 radical (unpaired) electrons. The number of piperidine rings is 1. The van der Waals surface area contributed by atoms with E-state index >= 15 is 0 Å². The van der Waals surface area contributed by atoms with Gasteiger partial charge in [0.25, 0.3) is 5.91 Å². The van der Waals surface area contributed by atoms with Crippen LogP contribution in [0.1, 0.15) is 28.8 Å². The van der Waals surface area contributed by atoms with Crippen molar-refractivity contribution in [3.05, 3.63) is 59.7 Å². The number of halogens is 1. The average Bonchev–Trinajstić information content (AvgIpc) is 2.70. The number of carbonyl (C=O) groups is 2. The van der Waals surface area contributed by atoms with Crippen LogP contribution in [0.5, 0.6) is 0 Å². The van der Waals surface area contributed by atoms with Gasteiger partial charge in [-0.1, -0.05) is 24.3 Å². The number of hydrogen-bond acceptors (Lipinski definition) is 3. The van der Waals surface area contributed by atoms with Crippen molar-refractivity contribution in [1.29, 1.82) is 0 Å². The van der Waals surface area contributed by atoms with Crippen LogP contribution in [0.25, 0.3) is 0 Å². The summed E-state index contributed by atoms with van der Waals surface area (Å²) in [6.45, 7) is 3.77. The molecule has 0 aliphatic carbocycles. The zero-order chi connectivity index (χ0) is 19.2. The number of benzene rings is 2. The first-order valence-corrected chi connectivity index (χ1v) is 9.26. The third kappa shape index (κ3) is 5.47. The van der Waals surface area contributed by atoms with Gasteiger partial charge in [-0.25, -0.2) is 4.79 Å². The van der Waals surface area contributed by atoms with Gasteiger partial charge < -0.3 is 20.9 Å². The molecule has 1 aliphatic heterocycles. The Labute approximate surface area is 172 Å². The van der Waals surface area contributed by atoms with Crippen molar-refractivity contribution >= 4 is 35.7 Å². The molecule has 1 fully saturated rings. The van der Waals surface area contributed by atoms with E-state index in [4.69, 9.17) is 0 Å². The molecule has 28 heavy (non-hydrogen) atoms. The second-order valence-electron chi connectivity index (χ2n) is 6.87. The van der Waals surface area contributed by atoms with Gasteiger partial charge in [0.1, 0.15) is 0 Å². The Balaban J connectivity index is 0.00000280. The molecule has 3 rings (SSSR count). The van der Waals surface area contributed by atoms with Crippen molar-refractivity contribution in [1.82, 2.24) is 10.2 Å². The van der Waals surface area contributed by atoms with Crippen LogP contribution >= 0.6 is 12.4 Å². The van der Waals surface area contributed by atoms with Crippen LogP contribution < -0.4 is 16.0 Å². The molecule has 2 aromatic rings. The highest BCUT2D eigenvalue weighted by molar-refractivity contribution is 6.02. The van der Waals surface area contributed by atoms with E-state index in [0.717, 1.165) is 31.5 Å². The Morgan fingerprint density at radius 2 is 1.71 bits per heavy atom. The van der Waals surface area contributed by atoms with Gasteiger partial charge in [0, 0.05) is 30.0 Å². The normalized spacial score (nSPS) is 13.9. The van der Waals surface area contributed by atoms with Crippen molar-refractivity contribution in [2.24, 2.45) is 0 Å². The molecule has 0 atom stereocenters. The van der Waals surface area contributed by atoms with Crippen molar-refractivity contribution in [2.45, 2.75) is 25.8 Å². The van der Waals surface area contributed by atoms with Gasteiger partial charge >= 0.3 is 6.03 Å². The number of hydrogen-bond donors (Lipinski definition) is 3. The molecule has 0 bridgehead atoms. The fourth-order valence-corrected chi connectivity index (χ4v) is 3.26. The standard InChI is InChI=1S/C21H26N4O2.ClH/c1-15-8-9-16(20(26)25(2)18-10-12-22-13-11-18)14-19(15)24-21(27)23-17-6-4-3-5-7-17;/h3-9,14,18,22H,10-13H2,1-2H3,(H2,23,24,27);1H. The van der Waals surface area contributed by atoms with Crippen molar-refractivity contribution in [3.63, 3.8) is 0 Å². The molecule has 2 aromatic carbocycles. The summed E-state index contributed by atoms with van der Waals surface area (Å²) in [7, 11) is 1.85. The minimum absolute atomic E-state index is 0. The summed E-state index contributed by atoms with van der Waals surface area (Å²) in [6.07, 6.45) is 1.91. The van der Waals surface area contributed by atoms with Crippen molar-refractivity contribution in [3.8, 4) is 0 Å². The number of carbonyl (C=O) groups excluding carboxylic acids is 2. The summed E-state index contributed by atoms with van der Waals surface area (Å²) in [6, 6.07) is 14.6. The smallest absolute Gasteiger partial charge is 0.323 e. The number of urea groups is 1. The highest BCUT2D eigenvalue weighted by atomic mass is 35.5. The Bertz CT molecular complexity index is 807. The molecule has 150 valence electrons. The number of para-hydroxylation sites is 1. The number of nitrogens with one attached hydrogen (secondary N) is 3. The molecule has 3 amide bonds. The van der Waals surface area contributed by atoms with E-state index < -0.39 is 0 Å². The molecule has 0 saturated carbocycles. The van der Waals surface area contributed by atoms with Gasteiger partial charge in [0.2, 0.25) is 0 Å². The van der Waals surface area contributed by atoms with Crippen LogP contribution in [-0.2, 0) is 0 Å². The lowest BCUT2D eigenvalue weighted by Crippen LogP contribution is -2.44. The lowest BCUT2D eigenvalue weighted by Gasteiger charge is -2.31. The van der Waals surface area contributed by atoms with Crippen LogP contribution in [0.4, 0.5) is 16.2 Å². The van der Waals surface area contributed by atoms with Crippen molar-refractivity contribution in [2.75, 3.05) is 30.8 Å². The van der Waals surface area contributed by atoms with Crippen LogP contribution in [0.3, 0.4) is 0 Å². The topological polar surface area (TPSA) is 73.5 Å². The van der Waals surface area contributed by atoms with E-state index in [9.17, 15) is 9.59 Å². The Hall–Kier alpha value is -2.57. The van der Waals surface area contributed by atoms with E-state index in [1.165, 1.54) is 0 Å². The number of nitrogens with zero attached hydrogens (tertiary/aromatic N) is 1. The molecular weight excluding hydrogens is 376 g/mol. The lowest BCUT2D eigenvalue weighted by atomic mass is 10.0. The Morgan fingerprint density at radius 3 is 2.39 bits per heavy atom. The minimum atomic E-state index is -0.333. The quantitative estimate of drug-likeness (QED) is 0.726. The number of anilines is 2. The second kappa shape index (κ2) is 10.1. The zero-order valence-corrected chi connectivity index (χ0v) is 17.0. The summed E-state index contributed by atoms with van der Waals surface area (Å²) in [5.41, 5.74) is 2.83. The van der Waals surface area contributed by atoms with Gasteiger partial charge in [-0.3, -0.25) is 4.79 Å². The molecule has 1 heterocycles. The molecule has 6 nitrogen and oxygen atoms in total. The van der Waals surface area contributed by atoms with Crippen LogP contribution in [0.15, 0.2) is 48.5 Å². The van der Waals surface area contributed by atoms with E-state index in [-0.39, 0.29) is 30.4 Å². The highest BCUT2D eigenvalue weighted by Crippen LogP contribution is 2.20. The lowest BCUT2D eigenvalue weighted by molar-refractivity contribution is 0.0703. The number of aryl methyl sites for hydroxylation is 1. The predicted octanol–water partition coefficient (Wildman–Crippen LogP) is 3.88. The summed E-state index contributed by atoms with van der Waals surface area (Å²) in [5.74, 6) is -0.0200. The van der Waals surface area contributed by atoms with Gasteiger partial charge in [-0.05, 0) is 62.7 Å². The van der Waals surface area contributed by atoms with Gasteiger partial charge in [-0.2, -0.15) is 0 Å². The minimum Gasteiger partial charge on any atom is -0.339 e. The Morgan fingerprint density at radius 1 is 1.04 bits per heavy atom. The fraction of sp³-hybridized carbons (Fsp3) is 0.333. The summed E-state index contributed by atoms with van der Waals surface area (Å²) in [5, 5.41) is 8.94. The summed E-state index contributed by atoms with van der Waals surface area (Å²) >= 11 is 0. The Kier molecular flexibility index (Phi) is 7.84. The second-order valence-corrected chi connectivity index (χ2v) is 6.87. The van der Waals surface area contributed by atoms with Crippen molar-refractivity contribution < 1.29 is 9.59 Å². The van der Waals surface area contributed by atoms with Crippen LogP contribution in [0, 0.1) is 6.92 Å². The van der Waals surface area contributed by atoms with E-state index in [0.29, 0.717) is 16.9 Å². The van der Waals surface area contributed by atoms with E-state index in [2.05, 4.69) is 16.0 Å². The van der Waals surface area contributed by atoms with Gasteiger partial charge in [0.15, 0.2) is 0 Å². The summed E-state index contributed by atoms with van der Waals surface area (Å²) < 4.78 is 0. The third-order valence-electron chi connectivity index (χ3n) is 4.94. The first-order chi connectivity index (χ1) is 13.0. The molecule has 3 N–H and O–H groups in total. The maximum Gasteiger partial charge on any atom is 0.323 e. The molecule has 1 aliphatic rings. The SMILES string of the molecule is Cc1ccc(C(=O)N(C)C2CCNCC2)cc1NC(=O)Nc1ccccc1.Cl. The predicted molar refractivity (Wildman–Crippen MR) is 115 cm³/mol. The van der Waals surface area contributed by atoms with E-state index in [1.807, 2.05) is 61.3 Å². The summed E-state index contributed by atoms with van der Waals surface area (Å²) in [4.78, 5) is 27.0. The van der Waals surface area contributed by atoms with Gasteiger partial charge in [-0.15, -0.1) is 12.4 Å². The molecule has 7 heteroatoms. The molecule has 0 unspecified atom stereocenters. The fourth-order valence-electron chi connectivity index (χ4n) is 3.26. The molecular formula is C21H27ClN4O2. The third-order valence-corrected chi connectivity index (χ3v) is 4.94. The molecule has 0 aromatic heterocycles. The van der Waals surface area contributed by atoms with Crippen LogP contribution in [-0.4, -0.2) is 43.0 Å². The number of amides is 3. The van der Waals surface area contributed by atoms with Crippen LogP contribution in [0.2, 0.25) is 0 Å². The van der Waals surface area contributed by atoms with E-state index in [1.54, 1.807) is 6.07 Å². The average molecular weight is 403 g/mol. The maximum atomic E-state index is 12.9. The molecule has 0 spiro atoms. The largest absolute Gasteiger partial charge is 0.339 e. The molecule has 1 saturated heterocycles. The monoisotopic (exact) mass is 402 g/mol. The van der Waals surface area contributed by atoms with Gasteiger partial charge in [0.05, 0.1) is 0 Å². The first-order valence-electron chi connectivity index (χ1n) is 9.26. The maximum absolute atomic E-state index is 12.9. The number of rotatable bonds is 4. The highest BCUT2D eigenvalue weighted by Gasteiger charge is 2.23. The zero-order valence-electron chi connectivity index (χ0n) is 16.2. The first kappa shape index (κ1) is 21.7.